The van der Waals surface area contributed by atoms with Crippen LogP contribution in [0.15, 0.2) is 60.7 Å². The lowest BCUT2D eigenvalue weighted by Crippen LogP contribution is -2.62. The molecule has 0 unspecified atom stereocenters. The minimum absolute atomic E-state index is 0.0143. The fraction of sp³-hybridized carbons (Fsp3) is 0.524. The Labute approximate surface area is 340 Å². The highest BCUT2D eigenvalue weighted by molar-refractivity contribution is 5.96. The molecule has 16 nitrogen and oxygen atoms in total. The van der Waals surface area contributed by atoms with E-state index >= 15 is 0 Å². The monoisotopic (exact) mass is 805 g/mol. The number of likely N-dealkylation sites (tertiary alicyclic amines) is 1. The molecule has 0 bridgehead atoms. The van der Waals surface area contributed by atoms with Crippen LogP contribution in [-0.2, 0) is 51.2 Å². The van der Waals surface area contributed by atoms with Crippen molar-refractivity contribution in [3.8, 4) is 0 Å². The van der Waals surface area contributed by atoms with E-state index in [4.69, 9.17) is 0 Å². The van der Waals surface area contributed by atoms with Gasteiger partial charge in [-0.3, -0.25) is 33.6 Å². The van der Waals surface area contributed by atoms with Crippen LogP contribution in [0.1, 0.15) is 84.3 Å². The van der Waals surface area contributed by atoms with Gasteiger partial charge in [-0.2, -0.15) is 0 Å². The molecule has 1 saturated heterocycles. The van der Waals surface area contributed by atoms with E-state index in [1.165, 1.54) is 25.7 Å². The van der Waals surface area contributed by atoms with E-state index in [2.05, 4.69) is 31.9 Å². The second kappa shape index (κ2) is 22.8. The number of carbonyl (C=O) groups excluding carboxylic acids is 7. The molecule has 1 fully saturated rings. The average Bonchev–Trinajstić information content (AvgIpc) is 3.16. The van der Waals surface area contributed by atoms with Gasteiger partial charge in [-0.15, -0.1) is 0 Å². The van der Waals surface area contributed by atoms with Gasteiger partial charge in [-0.1, -0.05) is 74.5 Å². The Morgan fingerprint density at radius 2 is 1.12 bits per heavy atom. The quantitative estimate of drug-likeness (QED) is 0.0903. The molecule has 2 aromatic carbocycles. The molecule has 16 heteroatoms. The average molecular weight is 806 g/mol. The number of nitrogens with one attached hydrogen (secondary N) is 6. The number of amides is 7. The number of nitrogens with zero attached hydrogens (tertiary/aromatic N) is 1. The Morgan fingerprint density at radius 1 is 0.638 bits per heavy atom. The number of benzene rings is 2. The van der Waals surface area contributed by atoms with Crippen LogP contribution in [0.5, 0.6) is 0 Å². The minimum Gasteiger partial charge on any atom is -0.480 e. The number of carbonyl (C=O) groups is 8. The highest BCUT2D eigenvalue weighted by Crippen LogP contribution is 2.24. The molecular weight excluding hydrogens is 747 g/mol. The predicted molar refractivity (Wildman–Crippen MR) is 216 cm³/mol. The van der Waals surface area contributed by atoms with Crippen molar-refractivity contribution in [1.82, 2.24) is 36.8 Å². The molecule has 4 atom stereocenters. The van der Waals surface area contributed by atoms with Crippen LogP contribution >= 0.6 is 0 Å². The van der Waals surface area contributed by atoms with Gasteiger partial charge in [0.05, 0.1) is 0 Å². The molecular formula is C42H59N7O9. The lowest BCUT2D eigenvalue weighted by atomic mass is 9.87. The van der Waals surface area contributed by atoms with Gasteiger partial charge in [-0.05, 0) is 55.6 Å². The summed E-state index contributed by atoms with van der Waals surface area (Å²) in [7, 11) is 0. The van der Waals surface area contributed by atoms with Gasteiger partial charge >= 0.3 is 5.97 Å². The summed E-state index contributed by atoms with van der Waals surface area (Å²) >= 11 is 0. The third-order valence-corrected chi connectivity index (χ3v) is 9.89. The summed E-state index contributed by atoms with van der Waals surface area (Å²) in [4.78, 5) is 105. The topological polar surface area (TPSA) is 232 Å². The number of hydrogen-bond donors (Lipinski definition) is 7. The Balaban J connectivity index is 1.85. The van der Waals surface area contributed by atoms with Crippen molar-refractivity contribution in [2.45, 2.75) is 116 Å². The van der Waals surface area contributed by atoms with Crippen molar-refractivity contribution >= 4 is 47.3 Å². The first-order valence-electron chi connectivity index (χ1n) is 19.8. The summed E-state index contributed by atoms with van der Waals surface area (Å²) < 4.78 is 0. The SMILES string of the molecule is CC(=O)NCCCC[C@@H](NC(=O)[C@@H](CC(C)C)NC(=O)[C@@H](Cc1ccccc1)NC(=O)[C@@H](Cc1ccccc1)NC(C)=O)C(=O)N1CCC(NC(C)=O)(C(=O)O)CC1. The van der Waals surface area contributed by atoms with Crippen LogP contribution in [0.4, 0.5) is 0 Å². The normalized spacial score (nSPS) is 15.4. The van der Waals surface area contributed by atoms with E-state index < -0.39 is 71.1 Å². The Morgan fingerprint density at radius 3 is 1.59 bits per heavy atom. The molecule has 316 valence electrons. The minimum atomic E-state index is -1.53. The van der Waals surface area contributed by atoms with Crippen molar-refractivity contribution < 1.29 is 43.5 Å². The van der Waals surface area contributed by atoms with E-state index in [9.17, 15) is 43.5 Å². The van der Waals surface area contributed by atoms with E-state index in [0.717, 1.165) is 11.1 Å². The van der Waals surface area contributed by atoms with Crippen molar-refractivity contribution in [3.63, 3.8) is 0 Å². The third-order valence-electron chi connectivity index (χ3n) is 9.89. The predicted octanol–water partition coefficient (Wildman–Crippen LogP) is 1.37. The van der Waals surface area contributed by atoms with Gasteiger partial charge in [-0.25, -0.2) is 4.79 Å². The van der Waals surface area contributed by atoms with Crippen molar-refractivity contribution in [3.05, 3.63) is 71.8 Å². The van der Waals surface area contributed by atoms with Crippen LogP contribution in [0.2, 0.25) is 0 Å². The standard InChI is InChI=1S/C42H59N7O9/c1-27(2)24-34(37(53)45-33(18-12-13-21-43-28(3)50)40(56)49-22-19-42(20-23-49,41(57)58)48-30(5)52)46-39(55)36(26-32-16-10-7-11-17-32)47-38(54)35(44-29(4)51)25-31-14-8-6-9-15-31/h6-11,14-17,27,33-36H,12-13,18-26H2,1-5H3,(H,43,50)(H,44,51)(H,45,53)(H,46,55)(H,47,54)(H,48,52)(H,57,58)/t33-,34-,35-,36-/m1/s1. The maximum absolute atomic E-state index is 14.2. The summed E-state index contributed by atoms with van der Waals surface area (Å²) in [6.45, 7) is 8.07. The van der Waals surface area contributed by atoms with Gasteiger partial charge < -0.3 is 41.9 Å². The molecule has 7 N–H and O–H groups in total. The summed E-state index contributed by atoms with van der Waals surface area (Å²) in [5.74, 6) is -4.71. The lowest BCUT2D eigenvalue weighted by molar-refractivity contribution is -0.152. The largest absolute Gasteiger partial charge is 0.480 e. The van der Waals surface area contributed by atoms with E-state index in [0.29, 0.717) is 19.4 Å². The van der Waals surface area contributed by atoms with Crippen molar-refractivity contribution in [2.24, 2.45) is 5.92 Å². The number of unbranched alkanes of at least 4 members (excludes halogenated alkanes) is 1. The molecule has 7 amide bonds. The van der Waals surface area contributed by atoms with Crippen LogP contribution in [-0.4, -0.2) is 107 Å². The van der Waals surface area contributed by atoms with E-state index in [1.54, 1.807) is 24.3 Å². The van der Waals surface area contributed by atoms with Crippen LogP contribution in [0.25, 0.3) is 0 Å². The molecule has 58 heavy (non-hydrogen) atoms. The van der Waals surface area contributed by atoms with Crippen LogP contribution in [0, 0.1) is 5.92 Å². The highest BCUT2D eigenvalue weighted by Gasteiger charge is 2.44. The van der Waals surface area contributed by atoms with Gasteiger partial charge in [0.2, 0.25) is 41.4 Å². The number of piperidine rings is 1. The maximum Gasteiger partial charge on any atom is 0.329 e. The fourth-order valence-corrected chi connectivity index (χ4v) is 6.94. The summed E-state index contributed by atoms with van der Waals surface area (Å²) in [6, 6.07) is 13.8. The Hall–Kier alpha value is -5.80. The number of carboxylic acid groups (broad SMARTS) is 1. The van der Waals surface area contributed by atoms with Gasteiger partial charge in [0.1, 0.15) is 29.7 Å². The second-order valence-electron chi connectivity index (χ2n) is 15.3. The number of hydrogen-bond acceptors (Lipinski definition) is 8. The van der Waals surface area contributed by atoms with E-state index in [1.807, 2.05) is 50.2 Å². The maximum atomic E-state index is 14.2. The smallest absolute Gasteiger partial charge is 0.329 e. The summed E-state index contributed by atoms with van der Waals surface area (Å²) in [5, 5.41) is 26.3. The Bertz CT molecular complexity index is 1730. The first kappa shape index (κ1) is 46.6. The number of rotatable bonds is 21. The lowest BCUT2D eigenvalue weighted by Gasteiger charge is -2.40. The first-order valence-corrected chi connectivity index (χ1v) is 19.8. The van der Waals surface area contributed by atoms with Gasteiger partial charge in [0.15, 0.2) is 0 Å². The summed E-state index contributed by atoms with van der Waals surface area (Å²) in [5.41, 5.74) is 0.0116. The van der Waals surface area contributed by atoms with Crippen LogP contribution in [0.3, 0.4) is 0 Å². The molecule has 0 saturated carbocycles. The van der Waals surface area contributed by atoms with Gasteiger partial charge in [0, 0.05) is 53.2 Å². The zero-order chi connectivity index (χ0) is 42.8. The molecule has 1 aliphatic rings. The zero-order valence-corrected chi connectivity index (χ0v) is 34.1. The molecule has 1 aliphatic heterocycles. The molecule has 0 spiro atoms. The van der Waals surface area contributed by atoms with E-state index in [-0.39, 0.29) is 63.4 Å². The summed E-state index contributed by atoms with van der Waals surface area (Å²) in [6.07, 6.45) is 1.52. The molecule has 0 aromatic heterocycles. The highest BCUT2D eigenvalue weighted by atomic mass is 16.4. The fourth-order valence-electron chi connectivity index (χ4n) is 6.94. The van der Waals surface area contributed by atoms with Crippen molar-refractivity contribution in [1.29, 1.82) is 0 Å². The molecule has 0 radical (unpaired) electrons. The molecule has 2 aromatic rings. The molecule has 1 heterocycles. The number of aliphatic carboxylic acids is 1. The van der Waals surface area contributed by atoms with Gasteiger partial charge in [0.25, 0.3) is 0 Å². The second-order valence-corrected chi connectivity index (χ2v) is 15.3. The van der Waals surface area contributed by atoms with Crippen molar-refractivity contribution in [2.75, 3.05) is 19.6 Å². The Kier molecular flexibility index (Phi) is 18.3. The molecule has 0 aliphatic carbocycles. The third kappa shape index (κ3) is 15.3. The zero-order valence-electron chi connectivity index (χ0n) is 34.1. The van der Waals surface area contributed by atoms with Crippen LogP contribution < -0.4 is 31.9 Å². The molecule has 3 rings (SSSR count). The number of carboxylic acids is 1. The first-order chi connectivity index (χ1) is 27.5.